The van der Waals surface area contributed by atoms with Gasteiger partial charge in [0.2, 0.25) is 0 Å². The first kappa shape index (κ1) is 11.9. The molecule has 1 fully saturated rings. The number of halogens is 1. The molecular formula is C12H17BrN2O. The number of hydrogen-bond donors (Lipinski definition) is 1. The number of ether oxygens (including phenoxy) is 1. The second-order valence-corrected chi connectivity index (χ2v) is 4.80. The van der Waals surface area contributed by atoms with Crippen molar-refractivity contribution in [1.82, 2.24) is 0 Å². The van der Waals surface area contributed by atoms with Gasteiger partial charge in [-0.3, -0.25) is 0 Å². The summed E-state index contributed by atoms with van der Waals surface area (Å²) in [6.45, 7) is 4.28. The zero-order valence-corrected chi connectivity index (χ0v) is 10.9. The van der Waals surface area contributed by atoms with E-state index in [1.165, 1.54) is 5.69 Å². The Morgan fingerprint density at radius 1 is 1.31 bits per heavy atom. The molecule has 0 aliphatic carbocycles. The van der Waals surface area contributed by atoms with Crippen LogP contribution in [0.25, 0.3) is 0 Å². The highest BCUT2D eigenvalue weighted by atomic mass is 79.9. The van der Waals surface area contributed by atoms with Crippen LogP contribution in [0.2, 0.25) is 0 Å². The lowest BCUT2D eigenvalue weighted by atomic mass is 10.2. The minimum atomic E-state index is 0.585. The molecule has 0 atom stereocenters. The van der Waals surface area contributed by atoms with E-state index in [0.29, 0.717) is 6.54 Å². The summed E-state index contributed by atoms with van der Waals surface area (Å²) in [7, 11) is 0. The molecule has 0 unspecified atom stereocenters. The normalized spacial score (nSPS) is 17.2. The van der Waals surface area contributed by atoms with Crippen LogP contribution >= 0.6 is 15.9 Å². The van der Waals surface area contributed by atoms with Crippen molar-refractivity contribution in [1.29, 1.82) is 0 Å². The highest BCUT2D eigenvalue weighted by Crippen LogP contribution is 2.27. The predicted molar refractivity (Wildman–Crippen MR) is 69.7 cm³/mol. The van der Waals surface area contributed by atoms with E-state index in [-0.39, 0.29) is 0 Å². The van der Waals surface area contributed by atoms with E-state index in [1.807, 2.05) is 0 Å². The Labute approximate surface area is 105 Å². The van der Waals surface area contributed by atoms with Gasteiger partial charge >= 0.3 is 0 Å². The van der Waals surface area contributed by atoms with Crippen molar-refractivity contribution >= 4 is 21.6 Å². The van der Waals surface area contributed by atoms with Gasteiger partial charge in [-0.1, -0.05) is 6.07 Å². The predicted octanol–water partition coefficient (Wildman–Crippen LogP) is 2.13. The van der Waals surface area contributed by atoms with Crippen molar-refractivity contribution in [2.24, 2.45) is 5.73 Å². The zero-order chi connectivity index (χ0) is 11.4. The summed E-state index contributed by atoms with van der Waals surface area (Å²) in [6, 6.07) is 6.32. The van der Waals surface area contributed by atoms with Gasteiger partial charge in [-0.05, 0) is 40.0 Å². The maximum Gasteiger partial charge on any atom is 0.0641 e. The highest BCUT2D eigenvalue weighted by molar-refractivity contribution is 9.10. The van der Waals surface area contributed by atoms with E-state index >= 15 is 0 Å². The largest absolute Gasteiger partial charge is 0.380 e. The Kier molecular flexibility index (Phi) is 4.21. The van der Waals surface area contributed by atoms with Crippen LogP contribution in [-0.4, -0.2) is 26.3 Å². The van der Waals surface area contributed by atoms with E-state index in [4.69, 9.17) is 10.5 Å². The monoisotopic (exact) mass is 284 g/mol. The minimum absolute atomic E-state index is 0.585. The molecule has 2 N–H and O–H groups in total. The van der Waals surface area contributed by atoms with E-state index in [2.05, 4.69) is 39.0 Å². The average Bonchev–Trinajstić information content (AvgIpc) is 2.57. The fourth-order valence-electron chi connectivity index (χ4n) is 1.92. The van der Waals surface area contributed by atoms with Crippen molar-refractivity contribution in [2.75, 3.05) is 31.2 Å². The molecule has 0 radical (unpaired) electrons. The second-order valence-electron chi connectivity index (χ2n) is 3.94. The lowest BCUT2D eigenvalue weighted by Crippen LogP contribution is -2.26. The van der Waals surface area contributed by atoms with Crippen LogP contribution in [0.4, 0.5) is 5.69 Å². The molecule has 1 aliphatic heterocycles. The van der Waals surface area contributed by atoms with Crippen LogP contribution in [0.3, 0.4) is 0 Å². The summed E-state index contributed by atoms with van der Waals surface area (Å²) < 4.78 is 6.58. The molecule has 3 nitrogen and oxygen atoms in total. The average molecular weight is 285 g/mol. The van der Waals surface area contributed by atoms with Gasteiger partial charge in [0.15, 0.2) is 0 Å². The minimum Gasteiger partial charge on any atom is -0.380 e. The Balaban J connectivity index is 2.18. The SMILES string of the molecule is NCc1ccc(N2CCCOCC2)c(Br)c1. The quantitative estimate of drug-likeness (QED) is 0.904. The van der Waals surface area contributed by atoms with Gasteiger partial charge in [0.05, 0.1) is 12.3 Å². The van der Waals surface area contributed by atoms with E-state index in [1.54, 1.807) is 0 Å². The molecule has 1 heterocycles. The molecule has 1 aromatic rings. The van der Waals surface area contributed by atoms with Crippen molar-refractivity contribution in [2.45, 2.75) is 13.0 Å². The first-order valence-electron chi connectivity index (χ1n) is 5.62. The molecule has 1 aromatic carbocycles. The van der Waals surface area contributed by atoms with Gasteiger partial charge in [-0.2, -0.15) is 0 Å². The molecule has 1 aliphatic rings. The van der Waals surface area contributed by atoms with Gasteiger partial charge in [0, 0.05) is 30.7 Å². The van der Waals surface area contributed by atoms with E-state index < -0.39 is 0 Å². The molecule has 2 rings (SSSR count). The zero-order valence-electron chi connectivity index (χ0n) is 9.29. The van der Waals surface area contributed by atoms with Gasteiger partial charge < -0.3 is 15.4 Å². The Hall–Kier alpha value is -0.580. The standard InChI is InChI=1S/C12H17BrN2O/c13-11-8-10(9-14)2-3-12(11)15-4-1-6-16-7-5-15/h2-3,8H,1,4-7,9,14H2. The maximum atomic E-state index is 5.62. The van der Waals surface area contributed by atoms with E-state index in [0.717, 1.165) is 42.8 Å². The van der Waals surface area contributed by atoms with Crippen LogP contribution in [-0.2, 0) is 11.3 Å². The van der Waals surface area contributed by atoms with Crippen molar-refractivity contribution < 1.29 is 4.74 Å². The third kappa shape index (κ3) is 2.75. The van der Waals surface area contributed by atoms with Crippen molar-refractivity contribution in [3.8, 4) is 0 Å². The van der Waals surface area contributed by atoms with Crippen molar-refractivity contribution in [3.05, 3.63) is 28.2 Å². The molecule has 0 spiro atoms. The van der Waals surface area contributed by atoms with Gasteiger partial charge in [0.25, 0.3) is 0 Å². The number of anilines is 1. The number of hydrogen-bond acceptors (Lipinski definition) is 3. The van der Waals surface area contributed by atoms with Crippen molar-refractivity contribution in [3.63, 3.8) is 0 Å². The first-order valence-corrected chi connectivity index (χ1v) is 6.42. The number of nitrogens with zero attached hydrogens (tertiary/aromatic N) is 1. The maximum absolute atomic E-state index is 5.62. The Bertz CT molecular complexity index is 349. The summed E-state index contributed by atoms with van der Waals surface area (Å²) >= 11 is 3.61. The van der Waals surface area contributed by atoms with Crippen LogP contribution in [0, 0.1) is 0 Å². The molecule has 0 bridgehead atoms. The molecule has 16 heavy (non-hydrogen) atoms. The fourth-order valence-corrected chi connectivity index (χ4v) is 2.60. The molecule has 0 amide bonds. The summed E-state index contributed by atoms with van der Waals surface area (Å²) in [5.74, 6) is 0. The lowest BCUT2D eigenvalue weighted by molar-refractivity contribution is 0.152. The first-order chi connectivity index (χ1) is 7.81. The van der Waals surface area contributed by atoms with Crippen LogP contribution in [0.5, 0.6) is 0 Å². The van der Waals surface area contributed by atoms with Gasteiger partial charge in [0.1, 0.15) is 0 Å². The summed E-state index contributed by atoms with van der Waals surface area (Å²) in [5, 5.41) is 0. The Morgan fingerprint density at radius 3 is 2.94 bits per heavy atom. The fraction of sp³-hybridized carbons (Fsp3) is 0.500. The molecule has 0 saturated carbocycles. The summed E-state index contributed by atoms with van der Waals surface area (Å²) in [5.41, 5.74) is 8.01. The molecule has 1 saturated heterocycles. The highest BCUT2D eigenvalue weighted by Gasteiger charge is 2.12. The van der Waals surface area contributed by atoms with E-state index in [9.17, 15) is 0 Å². The third-order valence-electron chi connectivity index (χ3n) is 2.81. The molecule has 88 valence electrons. The number of nitrogens with two attached hydrogens (primary N) is 1. The molecular weight excluding hydrogens is 268 g/mol. The summed E-state index contributed by atoms with van der Waals surface area (Å²) in [4.78, 5) is 2.36. The number of benzene rings is 1. The van der Waals surface area contributed by atoms with Crippen LogP contribution < -0.4 is 10.6 Å². The Morgan fingerprint density at radius 2 is 2.19 bits per heavy atom. The van der Waals surface area contributed by atoms with Gasteiger partial charge in [-0.25, -0.2) is 0 Å². The van der Waals surface area contributed by atoms with Crippen LogP contribution in [0.15, 0.2) is 22.7 Å². The van der Waals surface area contributed by atoms with Gasteiger partial charge in [-0.15, -0.1) is 0 Å². The third-order valence-corrected chi connectivity index (χ3v) is 3.45. The smallest absolute Gasteiger partial charge is 0.0641 e. The number of rotatable bonds is 2. The lowest BCUT2D eigenvalue weighted by Gasteiger charge is -2.23. The molecule has 0 aromatic heterocycles. The molecule has 4 heteroatoms. The van der Waals surface area contributed by atoms with Crippen LogP contribution in [0.1, 0.15) is 12.0 Å². The summed E-state index contributed by atoms with van der Waals surface area (Å²) in [6.07, 6.45) is 1.09. The second kappa shape index (κ2) is 5.66. The topological polar surface area (TPSA) is 38.5 Å².